The van der Waals surface area contributed by atoms with Gasteiger partial charge in [-0.1, -0.05) is 53.3 Å². The number of nitrogens with zero attached hydrogens (tertiary/aromatic N) is 1. The Morgan fingerprint density at radius 2 is 1.91 bits per heavy atom. The Hall–Kier alpha value is -1.67. The Morgan fingerprint density at radius 1 is 1.22 bits per heavy atom. The molecular weight excluding hydrogens is 354 g/mol. The summed E-state index contributed by atoms with van der Waals surface area (Å²) in [4.78, 5) is 4.07. The number of primary sulfonamides is 1. The van der Waals surface area contributed by atoms with Crippen LogP contribution in [0.15, 0.2) is 46.8 Å². The van der Waals surface area contributed by atoms with E-state index in [1.54, 1.807) is 0 Å². The van der Waals surface area contributed by atoms with Crippen LogP contribution in [0.25, 0.3) is 10.8 Å². The molecule has 23 heavy (non-hydrogen) atoms. The number of anilines is 1. The number of halogens is 1. The standard InChI is InChI=1S/C15H14ClN3O2S2/c1-9(19-15-18-8-14(22-15)23(17,20)21)10-6-7-13(16)12-5-3-2-4-11(10)12/h2-9H,1H3,(H,18,19)(H2,17,20,21). The van der Waals surface area contributed by atoms with E-state index in [1.807, 2.05) is 43.3 Å². The monoisotopic (exact) mass is 367 g/mol. The molecule has 0 aliphatic heterocycles. The number of benzene rings is 2. The summed E-state index contributed by atoms with van der Waals surface area (Å²) >= 11 is 7.25. The second-order valence-electron chi connectivity index (χ2n) is 5.08. The van der Waals surface area contributed by atoms with Gasteiger partial charge in [0.25, 0.3) is 0 Å². The zero-order valence-corrected chi connectivity index (χ0v) is 14.5. The minimum atomic E-state index is -3.72. The number of aromatic nitrogens is 1. The Morgan fingerprint density at radius 3 is 2.57 bits per heavy atom. The molecule has 0 radical (unpaired) electrons. The van der Waals surface area contributed by atoms with E-state index in [2.05, 4.69) is 10.3 Å². The van der Waals surface area contributed by atoms with Crippen LogP contribution < -0.4 is 10.5 Å². The first-order valence-electron chi connectivity index (χ1n) is 6.78. The molecule has 3 aromatic rings. The average molecular weight is 368 g/mol. The molecule has 1 atom stereocenters. The van der Waals surface area contributed by atoms with Crippen LogP contribution in [-0.2, 0) is 10.0 Å². The lowest BCUT2D eigenvalue weighted by atomic mass is 10.00. The Bertz CT molecular complexity index is 970. The number of fused-ring (bicyclic) bond motifs is 1. The van der Waals surface area contributed by atoms with Crippen molar-refractivity contribution in [1.29, 1.82) is 0 Å². The van der Waals surface area contributed by atoms with E-state index < -0.39 is 10.0 Å². The van der Waals surface area contributed by atoms with Crippen molar-refractivity contribution in [2.24, 2.45) is 5.14 Å². The summed E-state index contributed by atoms with van der Waals surface area (Å²) in [5.74, 6) is 0. The second kappa shape index (κ2) is 6.09. The van der Waals surface area contributed by atoms with Gasteiger partial charge in [0.05, 0.1) is 12.2 Å². The number of sulfonamides is 1. The van der Waals surface area contributed by atoms with Crippen molar-refractivity contribution in [3.05, 3.63) is 53.2 Å². The molecule has 0 saturated carbocycles. The van der Waals surface area contributed by atoms with Crippen LogP contribution in [0.5, 0.6) is 0 Å². The number of hydrogen-bond donors (Lipinski definition) is 2. The lowest BCUT2D eigenvalue weighted by Gasteiger charge is -2.16. The fraction of sp³-hybridized carbons (Fsp3) is 0.133. The molecule has 5 nitrogen and oxygen atoms in total. The molecule has 0 amide bonds. The SMILES string of the molecule is CC(Nc1ncc(S(N)(=O)=O)s1)c1ccc(Cl)c2ccccc12. The van der Waals surface area contributed by atoms with Gasteiger partial charge in [0.2, 0.25) is 10.0 Å². The number of nitrogens with one attached hydrogen (secondary N) is 1. The summed E-state index contributed by atoms with van der Waals surface area (Å²) < 4.78 is 22.7. The predicted octanol–water partition coefficient (Wildman–Crippen LogP) is 3.77. The molecule has 8 heteroatoms. The van der Waals surface area contributed by atoms with Crippen molar-refractivity contribution in [3.63, 3.8) is 0 Å². The second-order valence-corrected chi connectivity index (χ2v) is 8.30. The van der Waals surface area contributed by atoms with Crippen LogP contribution in [0.1, 0.15) is 18.5 Å². The van der Waals surface area contributed by atoms with Crippen LogP contribution in [0, 0.1) is 0 Å². The summed E-state index contributed by atoms with van der Waals surface area (Å²) in [7, 11) is -3.72. The van der Waals surface area contributed by atoms with Gasteiger partial charge in [-0.25, -0.2) is 18.5 Å². The fourth-order valence-electron chi connectivity index (χ4n) is 2.38. The van der Waals surface area contributed by atoms with Crippen molar-refractivity contribution in [2.75, 3.05) is 5.32 Å². The van der Waals surface area contributed by atoms with Crippen molar-refractivity contribution < 1.29 is 8.42 Å². The molecule has 0 bridgehead atoms. The molecule has 0 aliphatic rings. The molecule has 0 fully saturated rings. The van der Waals surface area contributed by atoms with Gasteiger partial charge in [-0.3, -0.25) is 0 Å². The Kier molecular flexibility index (Phi) is 4.29. The third kappa shape index (κ3) is 3.32. The Labute approximate surface area is 143 Å². The number of rotatable bonds is 4. The number of hydrogen-bond acceptors (Lipinski definition) is 5. The van der Waals surface area contributed by atoms with Crippen molar-refractivity contribution in [2.45, 2.75) is 17.2 Å². The van der Waals surface area contributed by atoms with Gasteiger partial charge in [-0.15, -0.1) is 0 Å². The Balaban J connectivity index is 1.94. The van der Waals surface area contributed by atoms with E-state index in [9.17, 15) is 8.42 Å². The highest BCUT2D eigenvalue weighted by Crippen LogP contribution is 2.32. The van der Waals surface area contributed by atoms with Gasteiger partial charge >= 0.3 is 0 Å². The highest BCUT2D eigenvalue weighted by Gasteiger charge is 2.16. The zero-order valence-electron chi connectivity index (χ0n) is 12.2. The van der Waals surface area contributed by atoms with Gasteiger partial charge in [-0.05, 0) is 23.9 Å². The van der Waals surface area contributed by atoms with Crippen LogP contribution in [0.3, 0.4) is 0 Å². The maximum atomic E-state index is 11.3. The predicted molar refractivity (Wildman–Crippen MR) is 94.5 cm³/mol. The third-order valence-electron chi connectivity index (χ3n) is 3.48. The van der Waals surface area contributed by atoms with Crippen LogP contribution in [0.4, 0.5) is 5.13 Å². The summed E-state index contributed by atoms with van der Waals surface area (Å²) in [5.41, 5.74) is 1.05. The average Bonchev–Trinajstić information content (AvgIpc) is 2.96. The minimum absolute atomic E-state index is 0.0353. The molecule has 0 spiro atoms. The number of nitrogens with two attached hydrogens (primary N) is 1. The molecule has 3 N–H and O–H groups in total. The van der Waals surface area contributed by atoms with E-state index >= 15 is 0 Å². The normalized spacial score (nSPS) is 13.2. The fourth-order valence-corrected chi connectivity index (χ4v) is 4.15. The zero-order chi connectivity index (χ0) is 16.6. The lowest BCUT2D eigenvalue weighted by Crippen LogP contribution is -2.10. The van der Waals surface area contributed by atoms with Gasteiger partial charge < -0.3 is 5.32 Å². The first-order valence-corrected chi connectivity index (χ1v) is 9.52. The molecule has 120 valence electrons. The summed E-state index contributed by atoms with van der Waals surface area (Å²) in [6.45, 7) is 1.98. The molecule has 1 aromatic heterocycles. The van der Waals surface area contributed by atoms with E-state index in [0.29, 0.717) is 10.2 Å². The van der Waals surface area contributed by atoms with Gasteiger partial charge in [-0.2, -0.15) is 0 Å². The quantitative estimate of drug-likeness (QED) is 0.735. The van der Waals surface area contributed by atoms with Crippen molar-refractivity contribution >= 4 is 48.9 Å². The third-order valence-corrected chi connectivity index (χ3v) is 6.14. The topological polar surface area (TPSA) is 85.1 Å². The minimum Gasteiger partial charge on any atom is -0.355 e. The van der Waals surface area contributed by atoms with Crippen LogP contribution in [0.2, 0.25) is 5.02 Å². The molecule has 1 heterocycles. The summed E-state index contributed by atoms with van der Waals surface area (Å²) in [6, 6.07) is 11.6. The van der Waals surface area contributed by atoms with Gasteiger partial charge in [0.15, 0.2) is 9.34 Å². The van der Waals surface area contributed by atoms with Crippen LogP contribution in [-0.4, -0.2) is 13.4 Å². The number of thiazole rings is 1. The van der Waals surface area contributed by atoms with E-state index in [1.165, 1.54) is 6.20 Å². The smallest absolute Gasteiger partial charge is 0.249 e. The first-order chi connectivity index (χ1) is 10.9. The van der Waals surface area contributed by atoms with E-state index in [4.69, 9.17) is 16.7 Å². The molecule has 3 rings (SSSR count). The highest BCUT2D eigenvalue weighted by atomic mass is 35.5. The van der Waals surface area contributed by atoms with Crippen LogP contribution >= 0.6 is 22.9 Å². The molecule has 0 aliphatic carbocycles. The highest BCUT2D eigenvalue weighted by molar-refractivity contribution is 7.91. The summed E-state index contributed by atoms with van der Waals surface area (Å²) in [6.07, 6.45) is 1.26. The van der Waals surface area contributed by atoms with Crippen molar-refractivity contribution in [1.82, 2.24) is 4.98 Å². The molecule has 0 saturated heterocycles. The van der Waals surface area contributed by atoms with Gasteiger partial charge in [0, 0.05) is 10.4 Å². The van der Waals surface area contributed by atoms with Crippen molar-refractivity contribution in [3.8, 4) is 0 Å². The molecule has 2 aromatic carbocycles. The maximum Gasteiger partial charge on any atom is 0.249 e. The van der Waals surface area contributed by atoms with E-state index in [0.717, 1.165) is 27.7 Å². The summed E-state index contributed by atoms with van der Waals surface area (Å²) in [5, 5.41) is 11.5. The van der Waals surface area contributed by atoms with E-state index in [-0.39, 0.29) is 10.3 Å². The largest absolute Gasteiger partial charge is 0.355 e. The first kappa shape index (κ1) is 16.2. The van der Waals surface area contributed by atoms with Gasteiger partial charge in [0.1, 0.15) is 0 Å². The lowest BCUT2D eigenvalue weighted by molar-refractivity contribution is 0.599. The molecular formula is C15H14ClN3O2S2. The maximum absolute atomic E-state index is 11.3. The molecule has 1 unspecified atom stereocenters.